The molecule has 260 valence electrons. The fourth-order valence-corrected chi connectivity index (χ4v) is 7.61. The number of nitrogens with one attached hydrogen (secondary N) is 1. The molecule has 0 bridgehead atoms. The van der Waals surface area contributed by atoms with Crippen LogP contribution in [0.3, 0.4) is 0 Å². The smallest absolute Gasteiger partial charge is 0.410 e. The van der Waals surface area contributed by atoms with Crippen molar-refractivity contribution in [3.63, 3.8) is 0 Å². The summed E-state index contributed by atoms with van der Waals surface area (Å²) in [7, 11) is 4.78. The van der Waals surface area contributed by atoms with Crippen LogP contribution in [0, 0.1) is 11.6 Å². The Balaban J connectivity index is 1.51. The van der Waals surface area contributed by atoms with Gasteiger partial charge in [0.1, 0.15) is 33.6 Å². The first-order valence-corrected chi connectivity index (χ1v) is 17.1. The lowest BCUT2D eigenvalue weighted by Gasteiger charge is -2.40. The second kappa shape index (κ2) is 14.7. The summed E-state index contributed by atoms with van der Waals surface area (Å²) in [6.07, 6.45) is 3.44. The van der Waals surface area contributed by atoms with Gasteiger partial charge in [-0.1, -0.05) is 17.7 Å². The molecule has 0 spiro atoms. The number of benzene rings is 2. The number of rotatable bonds is 8. The molecule has 0 atom stereocenters. The Morgan fingerprint density at radius 2 is 1.65 bits per heavy atom. The van der Waals surface area contributed by atoms with E-state index >= 15 is 0 Å². The number of ether oxygens (including phenoxy) is 2. The molecule has 2 aromatic heterocycles. The molecule has 9 nitrogen and oxygen atoms in total. The monoisotopic (exact) mass is 712 g/mol. The lowest BCUT2D eigenvalue weighted by Crippen LogP contribution is -2.47. The van der Waals surface area contributed by atoms with Crippen LogP contribution in [0.5, 0.6) is 5.75 Å². The van der Waals surface area contributed by atoms with Crippen LogP contribution in [0.1, 0.15) is 72.2 Å². The zero-order valence-corrected chi connectivity index (χ0v) is 29.8. The average molecular weight is 713 g/mol. The van der Waals surface area contributed by atoms with Crippen molar-refractivity contribution in [2.45, 2.75) is 70.7 Å². The van der Waals surface area contributed by atoms with Gasteiger partial charge in [0.25, 0.3) is 11.8 Å². The van der Waals surface area contributed by atoms with Crippen LogP contribution in [-0.4, -0.2) is 71.6 Å². The molecule has 49 heavy (non-hydrogen) atoms. The first kappa shape index (κ1) is 36.0. The minimum absolute atomic E-state index is 0.0276. The summed E-state index contributed by atoms with van der Waals surface area (Å²) < 4.78 is 40.9. The lowest BCUT2D eigenvalue weighted by molar-refractivity contribution is 0.0144. The van der Waals surface area contributed by atoms with E-state index in [2.05, 4.69) is 10.3 Å². The number of carbonyl (C=O) groups is 3. The minimum Gasteiger partial charge on any atom is -0.496 e. The Morgan fingerprint density at radius 1 is 1.00 bits per heavy atom. The van der Waals surface area contributed by atoms with Gasteiger partial charge in [-0.25, -0.2) is 13.6 Å². The molecule has 3 amide bonds. The topological polar surface area (TPSA) is 101 Å². The highest BCUT2D eigenvalue weighted by molar-refractivity contribution is 7.21. The molecule has 0 aliphatic heterocycles. The van der Waals surface area contributed by atoms with E-state index in [-0.39, 0.29) is 50.2 Å². The maximum Gasteiger partial charge on any atom is 0.410 e. The van der Waals surface area contributed by atoms with Crippen LogP contribution in [-0.2, 0) is 11.3 Å². The third-order valence-corrected chi connectivity index (χ3v) is 10.3. The molecule has 1 fully saturated rings. The summed E-state index contributed by atoms with van der Waals surface area (Å²) in [4.78, 5) is 47.0. The predicted octanol–water partition coefficient (Wildman–Crippen LogP) is 8.08. The van der Waals surface area contributed by atoms with E-state index in [1.807, 2.05) is 32.9 Å². The summed E-state index contributed by atoms with van der Waals surface area (Å²) in [5, 5.41) is 2.32. The van der Waals surface area contributed by atoms with Gasteiger partial charge in [-0.15, -0.1) is 11.3 Å². The quantitative estimate of drug-likeness (QED) is 0.198. The second-order valence-corrected chi connectivity index (χ2v) is 14.4. The van der Waals surface area contributed by atoms with Crippen molar-refractivity contribution in [1.82, 2.24) is 20.1 Å². The van der Waals surface area contributed by atoms with Crippen LogP contribution in [0.15, 0.2) is 48.7 Å². The number of thiophene rings is 1. The Kier molecular flexibility index (Phi) is 10.8. The van der Waals surface area contributed by atoms with E-state index in [1.54, 1.807) is 41.2 Å². The summed E-state index contributed by atoms with van der Waals surface area (Å²) >= 11 is 7.44. The third-order valence-electron chi connectivity index (χ3n) is 8.65. The van der Waals surface area contributed by atoms with Crippen LogP contribution < -0.4 is 10.1 Å². The number of fused-ring (bicyclic) bond motifs is 1. The zero-order chi connectivity index (χ0) is 35.6. The molecule has 0 radical (unpaired) electrons. The SMILES string of the molecule is CNC(=O)c1cc(-c2ccc(OC)c(CN(C(=O)c3sc4c(F)ccc(F)c4c3Cl)[C@H]3CC[C@H](N(C)C(=O)OC(C)(C)C)CC3)c2)ccn1. The molecule has 2 heterocycles. The molecule has 1 N–H and O–H groups in total. The number of pyridine rings is 1. The molecule has 1 saturated carbocycles. The molecule has 0 saturated heterocycles. The van der Waals surface area contributed by atoms with Gasteiger partial charge < -0.3 is 24.6 Å². The van der Waals surface area contributed by atoms with E-state index in [0.717, 1.165) is 34.6 Å². The fourth-order valence-electron chi connectivity index (χ4n) is 6.10. The largest absolute Gasteiger partial charge is 0.496 e. The standard InChI is InChI=1S/C36H39ClF2N4O5S/c1-36(2,3)48-35(46)42(5)23-8-10-24(11-9-23)43(34(45)32-30(37)29-25(38)12-13-26(39)31(29)49-32)19-22-17-20(7-14-28(22)47-6)21-15-16-41-27(18-21)33(44)40-4/h7,12-18,23-24H,8-11,19H2,1-6H3,(H,40,44)/t23-,24-. The molecule has 1 aliphatic carbocycles. The molecular weight excluding hydrogens is 674 g/mol. The number of hydrogen-bond acceptors (Lipinski definition) is 7. The highest BCUT2D eigenvalue weighted by Crippen LogP contribution is 2.41. The number of aromatic nitrogens is 1. The van der Waals surface area contributed by atoms with Crippen molar-refractivity contribution in [3.05, 3.63) is 81.5 Å². The first-order valence-electron chi connectivity index (χ1n) is 15.9. The van der Waals surface area contributed by atoms with E-state index < -0.39 is 29.2 Å². The van der Waals surface area contributed by atoms with Crippen LogP contribution in [0.25, 0.3) is 21.2 Å². The van der Waals surface area contributed by atoms with Gasteiger partial charge in [-0.2, -0.15) is 0 Å². The van der Waals surface area contributed by atoms with Gasteiger partial charge in [0.15, 0.2) is 0 Å². The number of carbonyl (C=O) groups excluding carboxylic acids is 3. The maximum atomic E-state index is 14.8. The van der Waals surface area contributed by atoms with Crippen LogP contribution in [0.2, 0.25) is 5.02 Å². The van der Waals surface area contributed by atoms with Crippen LogP contribution in [0.4, 0.5) is 13.6 Å². The van der Waals surface area contributed by atoms with Gasteiger partial charge in [0, 0.05) is 44.5 Å². The fraction of sp³-hybridized carbons (Fsp3) is 0.389. The summed E-state index contributed by atoms with van der Waals surface area (Å²) in [6, 6.07) is 10.6. The summed E-state index contributed by atoms with van der Waals surface area (Å²) in [6.45, 7) is 5.54. The van der Waals surface area contributed by atoms with Gasteiger partial charge in [0.2, 0.25) is 0 Å². The zero-order valence-electron chi connectivity index (χ0n) is 28.2. The van der Waals surface area contributed by atoms with Crippen molar-refractivity contribution in [2.75, 3.05) is 21.2 Å². The van der Waals surface area contributed by atoms with Crippen molar-refractivity contribution in [2.24, 2.45) is 0 Å². The summed E-state index contributed by atoms with van der Waals surface area (Å²) in [5.41, 5.74) is 1.79. The van der Waals surface area contributed by atoms with E-state index in [0.29, 0.717) is 37.0 Å². The Bertz CT molecular complexity index is 1890. The second-order valence-electron chi connectivity index (χ2n) is 13.0. The molecule has 0 unspecified atom stereocenters. The Hall–Kier alpha value is -4.29. The molecule has 2 aromatic carbocycles. The summed E-state index contributed by atoms with van der Waals surface area (Å²) in [5.74, 6) is -1.64. The van der Waals surface area contributed by atoms with Gasteiger partial charge in [-0.3, -0.25) is 14.6 Å². The maximum absolute atomic E-state index is 14.8. The Morgan fingerprint density at radius 3 is 2.29 bits per heavy atom. The van der Waals surface area contributed by atoms with E-state index in [1.165, 1.54) is 14.2 Å². The van der Waals surface area contributed by atoms with Crippen molar-refractivity contribution in [1.29, 1.82) is 0 Å². The molecule has 1 aliphatic rings. The first-order chi connectivity index (χ1) is 23.2. The number of nitrogens with zero attached hydrogens (tertiary/aromatic N) is 3. The normalized spacial score (nSPS) is 16.3. The highest BCUT2D eigenvalue weighted by Gasteiger charge is 2.35. The van der Waals surface area contributed by atoms with Crippen molar-refractivity contribution in [3.8, 4) is 16.9 Å². The number of methoxy groups -OCH3 is 1. The highest BCUT2D eigenvalue weighted by atomic mass is 35.5. The molecule has 13 heteroatoms. The van der Waals surface area contributed by atoms with Crippen molar-refractivity contribution < 1.29 is 32.6 Å². The average Bonchev–Trinajstić information content (AvgIpc) is 3.45. The molecule has 5 rings (SSSR count). The van der Waals surface area contributed by atoms with Gasteiger partial charge >= 0.3 is 6.09 Å². The van der Waals surface area contributed by atoms with E-state index in [9.17, 15) is 23.2 Å². The number of halogens is 3. The Labute approximate surface area is 293 Å². The van der Waals surface area contributed by atoms with Gasteiger partial charge in [0.05, 0.1) is 22.2 Å². The van der Waals surface area contributed by atoms with Crippen LogP contribution >= 0.6 is 22.9 Å². The predicted molar refractivity (Wildman–Crippen MR) is 186 cm³/mol. The third kappa shape index (κ3) is 7.80. The number of hydrogen-bond donors (Lipinski definition) is 1. The minimum atomic E-state index is -0.711. The number of amides is 3. The van der Waals surface area contributed by atoms with E-state index in [4.69, 9.17) is 21.1 Å². The lowest BCUT2D eigenvalue weighted by atomic mass is 9.89. The van der Waals surface area contributed by atoms with Gasteiger partial charge in [-0.05, 0) is 94.0 Å². The van der Waals surface area contributed by atoms with Crippen molar-refractivity contribution >= 4 is 50.9 Å². The molecular formula is C36H39ClF2N4O5S. The molecule has 4 aromatic rings.